The van der Waals surface area contributed by atoms with Crippen LogP contribution in [0.1, 0.15) is 66.6 Å². The van der Waals surface area contributed by atoms with E-state index in [1.807, 2.05) is 49.5 Å². The molecule has 1 saturated carbocycles. The minimum Gasteiger partial charge on any atom is -0.353 e. The summed E-state index contributed by atoms with van der Waals surface area (Å²) in [6.07, 6.45) is 11.0. The average molecular weight is 440 g/mol. The lowest BCUT2D eigenvalue weighted by Crippen LogP contribution is -2.36. The number of hydrogen-bond acceptors (Lipinski definition) is 4. The first-order valence-corrected chi connectivity index (χ1v) is 12.3. The van der Waals surface area contributed by atoms with Crippen LogP contribution in [0.25, 0.3) is 0 Å². The van der Waals surface area contributed by atoms with E-state index >= 15 is 0 Å². The van der Waals surface area contributed by atoms with E-state index in [9.17, 15) is 9.59 Å². The van der Waals surface area contributed by atoms with Crippen LogP contribution in [-0.4, -0.2) is 35.1 Å². The molecule has 6 heteroatoms. The monoisotopic (exact) mass is 439 g/mol. The van der Waals surface area contributed by atoms with Gasteiger partial charge in [-0.2, -0.15) is 0 Å². The fraction of sp³-hybridized carbons (Fsp3) is 0.480. The van der Waals surface area contributed by atoms with Crippen molar-refractivity contribution in [1.82, 2.24) is 15.6 Å². The number of carbonyl (C=O) groups excluding carboxylic acids is 2. The van der Waals surface area contributed by atoms with Crippen molar-refractivity contribution < 1.29 is 9.59 Å². The molecule has 2 aromatic rings. The van der Waals surface area contributed by atoms with Gasteiger partial charge >= 0.3 is 0 Å². The number of hydrogen-bond donors (Lipinski definition) is 2. The van der Waals surface area contributed by atoms with Gasteiger partial charge in [0.1, 0.15) is 0 Å². The van der Waals surface area contributed by atoms with Crippen LogP contribution < -0.4 is 10.6 Å². The first-order valence-electron chi connectivity index (χ1n) is 11.3. The third kappa shape index (κ3) is 8.02. The number of benzene rings is 1. The van der Waals surface area contributed by atoms with E-state index in [4.69, 9.17) is 0 Å². The number of amides is 2. The van der Waals surface area contributed by atoms with E-state index in [2.05, 4.69) is 15.6 Å². The van der Waals surface area contributed by atoms with Crippen LogP contribution in [0.5, 0.6) is 0 Å². The SMILES string of the molecule is Cc1ccc(CCNC(=O)c2ccccc2SCC(=O)NC2CCCCCCC2)cn1. The predicted octanol–water partition coefficient (Wildman–Crippen LogP) is 4.68. The predicted molar refractivity (Wildman–Crippen MR) is 126 cm³/mol. The van der Waals surface area contributed by atoms with Crippen molar-refractivity contribution in [1.29, 1.82) is 0 Å². The zero-order chi connectivity index (χ0) is 21.9. The zero-order valence-electron chi connectivity index (χ0n) is 18.4. The minimum absolute atomic E-state index is 0.0534. The molecule has 1 heterocycles. The summed E-state index contributed by atoms with van der Waals surface area (Å²) >= 11 is 1.43. The molecule has 0 spiro atoms. The van der Waals surface area contributed by atoms with Crippen LogP contribution in [0, 0.1) is 6.92 Å². The lowest BCUT2D eigenvalue weighted by atomic mass is 9.97. The van der Waals surface area contributed by atoms with Gasteiger partial charge in [0.2, 0.25) is 5.91 Å². The number of aryl methyl sites for hydroxylation is 1. The second-order valence-corrected chi connectivity index (χ2v) is 9.23. The molecule has 3 rings (SSSR count). The molecule has 0 saturated heterocycles. The number of nitrogens with zero attached hydrogens (tertiary/aromatic N) is 1. The van der Waals surface area contributed by atoms with Gasteiger partial charge in [0.25, 0.3) is 5.91 Å². The van der Waals surface area contributed by atoms with E-state index in [0.717, 1.165) is 35.4 Å². The summed E-state index contributed by atoms with van der Waals surface area (Å²) in [4.78, 5) is 30.3. The van der Waals surface area contributed by atoms with Crippen molar-refractivity contribution in [2.45, 2.75) is 69.2 Å². The van der Waals surface area contributed by atoms with Crippen LogP contribution in [0.4, 0.5) is 0 Å². The summed E-state index contributed by atoms with van der Waals surface area (Å²) in [5.74, 6) is 0.275. The maximum absolute atomic E-state index is 12.7. The van der Waals surface area contributed by atoms with Crippen LogP contribution in [-0.2, 0) is 11.2 Å². The Kier molecular flexibility index (Phi) is 9.40. The Labute approximate surface area is 189 Å². The highest BCUT2D eigenvalue weighted by Crippen LogP contribution is 2.23. The minimum atomic E-state index is -0.108. The smallest absolute Gasteiger partial charge is 0.252 e. The van der Waals surface area contributed by atoms with Gasteiger partial charge in [-0.15, -0.1) is 11.8 Å². The Hall–Kier alpha value is -2.34. The number of pyridine rings is 1. The third-order valence-electron chi connectivity index (χ3n) is 5.63. The van der Waals surface area contributed by atoms with Crippen molar-refractivity contribution in [3.05, 3.63) is 59.4 Å². The van der Waals surface area contributed by atoms with Crippen LogP contribution in [0.15, 0.2) is 47.5 Å². The maximum Gasteiger partial charge on any atom is 0.252 e. The summed E-state index contributed by atoms with van der Waals surface area (Å²) in [6, 6.07) is 11.8. The average Bonchev–Trinajstić information content (AvgIpc) is 2.75. The molecule has 0 atom stereocenters. The van der Waals surface area contributed by atoms with Crippen molar-refractivity contribution in [3.63, 3.8) is 0 Å². The molecular weight excluding hydrogens is 406 g/mol. The largest absolute Gasteiger partial charge is 0.353 e. The highest BCUT2D eigenvalue weighted by molar-refractivity contribution is 8.00. The molecule has 0 aliphatic heterocycles. The lowest BCUT2D eigenvalue weighted by molar-refractivity contribution is -0.119. The van der Waals surface area contributed by atoms with Crippen LogP contribution in [0.3, 0.4) is 0 Å². The van der Waals surface area contributed by atoms with E-state index in [0.29, 0.717) is 23.9 Å². The standard InChI is InChI=1S/C25H33N3O2S/c1-19-13-14-20(17-27-19)15-16-26-25(30)22-11-7-8-12-23(22)31-18-24(29)28-21-9-5-3-2-4-6-10-21/h7-8,11-14,17,21H,2-6,9-10,15-16,18H2,1H3,(H,26,30)(H,28,29). The topological polar surface area (TPSA) is 71.1 Å². The van der Waals surface area contributed by atoms with Gasteiger partial charge < -0.3 is 10.6 Å². The highest BCUT2D eigenvalue weighted by Gasteiger charge is 2.16. The number of carbonyl (C=O) groups is 2. The molecule has 1 aromatic heterocycles. The van der Waals surface area contributed by atoms with Crippen molar-refractivity contribution >= 4 is 23.6 Å². The lowest BCUT2D eigenvalue weighted by Gasteiger charge is -2.21. The highest BCUT2D eigenvalue weighted by atomic mass is 32.2. The molecule has 1 aliphatic rings. The fourth-order valence-electron chi connectivity index (χ4n) is 3.86. The Morgan fingerprint density at radius 3 is 2.52 bits per heavy atom. The number of thioether (sulfide) groups is 1. The fourth-order valence-corrected chi connectivity index (χ4v) is 4.72. The Balaban J connectivity index is 1.47. The van der Waals surface area contributed by atoms with Crippen LogP contribution >= 0.6 is 11.8 Å². The van der Waals surface area contributed by atoms with E-state index in [1.165, 1.54) is 43.9 Å². The normalized spacial score (nSPS) is 15.0. The first kappa shape index (κ1) is 23.3. The second kappa shape index (κ2) is 12.5. The molecule has 1 aliphatic carbocycles. The molecule has 1 aromatic carbocycles. The summed E-state index contributed by atoms with van der Waals surface area (Å²) in [6.45, 7) is 2.50. The molecule has 31 heavy (non-hydrogen) atoms. The number of aromatic nitrogens is 1. The van der Waals surface area contributed by atoms with Gasteiger partial charge in [-0.25, -0.2) is 0 Å². The molecule has 0 radical (unpaired) electrons. The van der Waals surface area contributed by atoms with Crippen molar-refractivity contribution in [2.24, 2.45) is 0 Å². The summed E-state index contributed by atoms with van der Waals surface area (Å²) in [5, 5.41) is 6.18. The summed E-state index contributed by atoms with van der Waals surface area (Å²) in [5.41, 5.74) is 2.70. The van der Waals surface area contributed by atoms with E-state index in [1.54, 1.807) is 0 Å². The molecule has 5 nitrogen and oxygen atoms in total. The molecular formula is C25H33N3O2S. The Morgan fingerprint density at radius 1 is 1.03 bits per heavy atom. The van der Waals surface area contributed by atoms with Crippen molar-refractivity contribution in [3.8, 4) is 0 Å². The van der Waals surface area contributed by atoms with Gasteiger partial charge in [0.05, 0.1) is 11.3 Å². The molecule has 2 N–H and O–H groups in total. The number of nitrogens with one attached hydrogen (secondary N) is 2. The maximum atomic E-state index is 12.7. The Bertz CT molecular complexity index is 846. The molecule has 0 unspecified atom stereocenters. The molecule has 1 fully saturated rings. The summed E-state index contributed by atoms with van der Waals surface area (Å²) in [7, 11) is 0. The van der Waals surface area contributed by atoms with Gasteiger partial charge in [0.15, 0.2) is 0 Å². The third-order valence-corrected chi connectivity index (χ3v) is 6.71. The van der Waals surface area contributed by atoms with Gasteiger partial charge in [0, 0.05) is 29.4 Å². The van der Waals surface area contributed by atoms with E-state index in [-0.39, 0.29) is 11.8 Å². The zero-order valence-corrected chi connectivity index (χ0v) is 19.2. The van der Waals surface area contributed by atoms with Gasteiger partial charge in [-0.1, -0.05) is 50.3 Å². The van der Waals surface area contributed by atoms with Gasteiger partial charge in [-0.3, -0.25) is 14.6 Å². The quantitative estimate of drug-likeness (QED) is 0.586. The molecule has 166 valence electrons. The van der Waals surface area contributed by atoms with Crippen molar-refractivity contribution in [2.75, 3.05) is 12.3 Å². The molecule has 2 amide bonds. The first-order chi connectivity index (χ1) is 15.1. The summed E-state index contributed by atoms with van der Waals surface area (Å²) < 4.78 is 0. The van der Waals surface area contributed by atoms with E-state index < -0.39 is 0 Å². The second-order valence-electron chi connectivity index (χ2n) is 8.21. The Morgan fingerprint density at radius 2 is 1.77 bits per heavy atom. The molecule has 0 bridgehead atoms. The van der Waals surface area contributed by atoms with Crippen LogP contribution in [0.2, 0.25) is 0 Å². The number of rotatable bonds is 8. The van der Waals surface area contributed by atoms with Gasteiger partial charge in [-0.05, 0) is 49.9 Å².